The third-order valence-electron chi connectivity index (χ3n) is 5.16. The van der Waals surface area contributed by atoms with Crippen LogP contribution in [0.1, 0.15) is 26.7 Å². The van der Waals surface area contributed by atoms with Crippen molar-refractivity contribution >= 4 is 46.3 Å². The Morgan fingerprint density at radius 3 is 2.86 bits per heavy atom. The average molecular weight is 404 g/mol. The fourth-order valence-electron chi connectivity index (χ4n) is 3.66. The molecule has 2 amide bonds. The summed E-state index contributed by atoms with van der Waals surface area (Å²) >= 11 is 1.57. The van der Waals surface area contributed by atoms with Gasteiger partial charge in [0.05, 0.1) is 15.9 Å². The zero-order chi connectivity index (χ0) is 20.1. The lowest BCUT2D eigenvalue weighted by molar-refractivity contribution is -0.160. The first-order valence-electron chi connectivity index (χ1n) is 8.96. The Morgan fingerprint density at radius 2 is 2.07 bits per heavy atom. The Balaban J connectivity index is 1.40. The number of fused-ring (bicyclic) bond motifs is 2. The average Bonchev–Trinajstić information content (AvgIpc) is 3.26. The van der Waals surface area contributed by atoms with Crippen molar-refractivity contribution in [2.24, 2.45) is 0 Å². The second-order valence-corrected chi connectivity index (χ2v) is 8.67. The minimum Gasteiger partial charge on any atom is -0.451 e. The number of ether oxygens (including phenoxy) is 1. The van der Waals surface area contributed by atoms with Crippen LogP contribution in [-0.2, 0) is 19.1 Å². The molecule has 148 valence electrons. The van der Waals surface area contributed by atoms with E-state index < -0.39 is 24.0 Å². The zero-order valence-corrected chi connectivity index (χ0v) is 16.2. The molecule has 3 atom stereocenters. The fourth-order valence-corrected chi connectivity index (χ4v) is 5.07. The van der Waals surface area contributed by atoms with E-state index in [0.717, 1.165) is 0 Å². The van der Waals surface area contributed by atoms with Gasteiger partial charge in [0.1, 0.15) is 6.04 Å². The molecule has 2 fully saturated rings. The highest BCUT2D eigenvalue weighted by atomic mass is 32.2. The number of aromatic nitrogens is 2. The van der Waals surface area contributed by atoms with Crippen molar-refractivity contribution in [3.8, 4) is 0 Å². The fraction of sp³-hybridized carbons (Fsp3) is 0.444. The first kappa shape index (κ1) is 18.6. The van der Waals surface area contributed by atoms with Gasteiger partial charge in [0.15, 0.2) is 6.10 Å². The largest absolute Gasteiger partial charge is 0.451 e. The lowest BCUT2D eigenvalue weighted by atomic mass is 10.2. The molecule has 0 spiro atoms. The van der Waals surface area contributed by atoms with Gasteiger partial charge in [-0.1, -0.05) is 0 Å². The Morgan fingerprint density at radius 1 is 1.32 bits per heavy atom. The summed E-state index contributed by atoms with van der Waals surface area (Å²) in [5.74, 6) is -0.654. The summed E-state index contributed by atoms with van der Waals surface area (Å²) in [6, 6.07) is 4.25. The number of rotatable bonds is 4. The number of esters is 1. The predicted octanol–water partition coefficient (Wildman–Crippen LogP) is 1.18. The molecule has 0 saturated carbocycles. The second kappa shape index (κ2) is 6.69. The van der Waals surface area contributed by atoms with Gasteiger partial charge in [-0.3, -0.25) is 9.59 Å². The smallest absolute Gasteiger partial charge is 0.330 e. The number of aromatic amines is 2. The molecule has 3 heterocycles. The van der Waals surface area contributed by atoms with Gasteiger partial charge in [-0.2, -0.15) is 0 Å². The number of H-pyrrole nitrogens is 2. The molecular formula is C18H20N4O5S. The first-order valence-corrected chi connectivity index (χ1v) is 9.95. The van der Waals surface area contributed by atoms with Crippen LogP contribution in [-0.4, -0.2) is 55.4 Å². The van der Waals surface area contributed by atoms with E-state index in [4.69, 9.17) is 4.74 Å². The molecule has 9 nitrogen and oxygen atoms in total. The Labute approximate surface area is 164 Å². The molecule has 0 unspecified atom stereocenters. The summed E-state index contributed by atoms with van der Waals surface area (Å²) in [5, 5.41) is 2.66. The minimum absolute atomic E-state index is 0.0552. The van der Waals surface area contributed by atoms with E-state index in [1.54, 1.807) is 34.9 Å². The molecule has 1 aromatic carbocycles. The number of nitrogens with one attached hydrogen (secondary N) is 3. The topological polar surface area (TPSA) is 124 Å². The molecule has 3 N–H and O–H groups in total. The number of carbonyl (C=O) groups excluding carboxylic acids is 3. The number of hydrogen-bond donors (Lipinski definition) is 3. The molecule has 2 aliphatic rings. The third-order valence-corrected chi connectivity index (χ3v) is 6.67. The normalized spacial score (nSPS) is 25.0. The number of hydrogen-bond acceptors (Lipinski definition) is 6. The van der Waals surface area contributed by atoms with Crippen LogP contribution >= 0.6 is 11.8 Å². The van der Waals surface area contributed by atoms with Crippen molar-refractivity contribution in [2.75, 3.05) is 11.1 Å². The van der Waals surface area contributed by atoms with Crippen molar-refractivity contribution in [1.29, 1.82) is 0 Å². The van der Waals surface area contributed by atoms with Crippen molar-refractivity contribution in [3.63, 3.8) is 0 Å². The molecule has 2 saturated heterocycles. The Bertz CT molecular complexity index is 1030. The number of thioether (sulfide) groups is 1. The summed E-state index contributed by atoms with van der Waals surface area (Å²) in [6.07, 6.45) is 0.107. The van der Waals surface area contributed by atoms with Crippen LogP contribution in [0.25, 0.3) is 11.0 Å². The maximum Gasteiger partial charge on any atom is 0.330 e. The summed E-state index contributed by atoms with van der Waals surface area (Å²) < 4.78 is 5.34. The Hall–Kier alpha value is -2.75. The zero-order valence-electron chi connectivity index (χ0n) is 15.4. The number of imidazole rings is 1. The van der Waals surface area contributed by atoms with Gasteiger partial charge in [0, 0.05) is 17.9 Å². The molecular weight excluding hydrogens is 384 g/mol. The van der Waals surface area contributed by atoms with E-state index in [1.165, 1.54) is 6.92 Å². The summed E-state index contributed by atoms with van der Waals surface area (Å²) in [4.78, 5) is 54.9. The molecule has 0 aliphatic carbocycles. The van der Waals surface area contributed by atoms with Crippen molar-refractivity contribution < 1.29 is 19.1 Å². The van der Waals surface area contributed by atoms with Crippen LogP contribution in [0.4, 0.5) is 5.69 Å². The summed E-state index contributed by atoms with van der Waals surface area (Å²) in [5.41, 5.74) is 1.31. The van der Waals surface area contributed by atoms with E-state index in [-0.39, 0.29) is 16.5 Å². The number of carbonyl (C=O) groups is 3. The summed E-state index contributed by atoms with van der Waals surface area (Å²) in [7, 11) is 0. The number of amides is 2. The molecule has 2 aliphatic heterocycles. The Kier molecular flexibility index (Phi) is 4.45. The standard InChI is InChI=1S/C18H20N4O5S/c1-9(15(24)19-10-3-4-11-12(7-10)21-17(26)20-11)27-16(25)13-8-28-18(2)6-5-14(23)22(13)18/h3-4,7,9,13H,5-6,8H2,1-2H3,(H,19,24)(H2,20,21,26)/t9-,13-,18-/m0/s1. The third kappa shape index (κ3) is 3.17. The van der Waals surface area contributed by atoms with E-state index in [9.17, 15) is 19.2 Å². The van der Waals surface area contributed by atoms with Gasteiger partial charge in [0.25, 0.3) is 5.91 Å². The van der Waals surface area contributed by atoms with Crippen LogP contribution < -0.4 is 11.0 Å². The first-order chi connectivity index (χ1) is 13.3. The molecule has 2 aromatic rings. The molecule has 10 heteroatoms. The van der Waals surface area contributed by atoms with E-state index >= 15 is 0 Å². The van der Waals surface area contributed by atoms with Crippen LogP contribution in [0.2, 0.25) is 0 Å². The highest BCUT2D eigenvalue weighted by Gasteiger charge is 2.53. The maximum absolute atomic E-state index is 12.6. The van der Waals surface area contributed by atoms with Gasteiger partial charge in [0.2, 0.25) is 5.91 Å². The predicted molar refractivity (Wildman–Crippen MR) is 104 cm³/mol. The number of benzene rings is 1. The van der Waals surface area contributed by atoms with Gasteiger partial charge in [-0.05, 0) is 38.5 Å². The van der Waals surface area contributed by atoms with Gasteiger partial charge in [-0.25, -0.2) is 9.59 Å². The summed E-state index contributed by atoms with van der Waals surface area (Å²) in [6.45, 7) is 3.44. The number of anilines is 1. The van der Waals surface area contributed by atoms with Crippen LogP contribution in [0.15, 0.2) is 23.0 Å². The van der Waals surface area contributed by atoms with Gasteiger partial charge >= 0.3 is 11.7 Å². The second-order valence-electron chi connectivity index (χ2n) is 7.17. The van der Waals surface area contributed by atoms with Crippen molar-refractivity contribution in [3.05, 3.63) is 28.7 Å². The lowest BCUT2D eigenvalue weighted by Gasteiger charge is -2.29. The minimum atomic E-state index is -1.02. The number of nitrogens with zero attached hydrogens (tertiary/aromatic N) is 1. The maximum atomic E-state index is 12.6. The molecule has 0 radical (unpaired) electrons. The monoisotopic (exact) mass is 404 g/mol. The SMILES string of the molecule is C[C@H](OC(=O)[C@@H]1CS[C@@]2(C)CCC(=O)N12)C(=O)Nc1ccc2[nH]c(=O)[nH]c2c1. The van der Waals surface area contributed by atoms with E-state index in [2.05, 4.69) is 15.3 Å². The van der Waals surface area contributed by atoms with Gasteiger partial charge < -0.3 is 24.9 Å². The van der Waals surface area contributed by atoms with E-state index in [0.29, 0.717) is 35.3 Å². The molecule has 4 rings (SSSR count). The van der Waals surface area contributed by atoms with Crippen LogP contribution in [0.3, 0.4) is 0 Å². The van der Waals surface area contributed by atoms with Gasteiger partial charge in [-0.15, -0.1) is 11.8 Å². The van der Waals surface area contributed by atoms with Crippen LogP contribution in [0, 0.1) is 0 Å². The molecule has 0 bridgehead atoms. The highest BCUT2D eigenvalue weighted by molar-refractivity contribution is 8.01. The van der Waals surface area contributed by atoms with Crippen molar-refractivity contribution in [2.45, 2.75) is 43.7 Å². The molecule has 28 heavy (non-hydrogen) atoms. The highest BCUT2D eigenvalue weighted by Crippen LogP contribution is 2.47. The lowest BCUT2D eigenvalue weighted by Crippen LogP contribution is -2.48. The quantitative estimate of drug-likeness (QED) is 0.658. The van der Waals surface area contributed by atoms with E-state index in [1.807, 2.05) is 6.92 Å². The van der Waals surface area contributed by atoms with Crippen molar-refractivity contribution in [1.82, 2.24) is 14.9 Å². The van der Waals surface area contributed by atoms with Crippen LogP contribution in [0.5, 0.6) is 0 Å². The molecule has 1 aromatic heterocycles.